The number of ketones is 1. The molecule has 0 unspecified atom stereocenters. The van der Waals surface area contributed by atoms with Crippen LogP contribution >= 0.6 is 0 Å². The molecule has 0 radical (unpaired) electrons. The number of Topliss-reactive ketones (excluding diaryl/α,β-unsaturated/α-hetero) is 1. The Balaban J connectivity index is 1.74. The molecule has 0 saturated heterocycles. The number of benzene rings is 3. The van der Waals surface area contributed by atoms with Crippen LogP contribution in [0.15, 0.2) is 90.1 Å². The Morgan fingerprint density at radius 3 is 2.28 bits per heavy atom. The molecule has 0 amide bonds. The lowest BCUT2D eigenvalue weighted by atomic mass is 9.85. The van der Waals surface area contributed by atoms with E-state index in [-0.39, 0.29) is 5.78 Å². The Kier molecular flexibility index (Phi) is 4.02. The normalized spacial score (nSPS) is 14.9. The highest BCUT2D eigenvalue weighted by Crippen LogP contribution is 2.34. The summed E-state index contributed by atoms with van der Waals surface area (Å²) in [5.74, 6) is 0.0415. The number of allylic oxidation sites excluding steroid dienone is 2. The van der Waals surface area contributed by atoms with Crippen molar-refractivity contribution < 1.29 is 4.79 Å². The van der Waals surface area contributed by atoms with E-state index in [2.05, 4.69) is 35.8 Å². The molecule has 0 aliphatic heterocycles. The second-order valence-electron chi connectivity index (χ2n) is 7.44. The molecule has 0 fully saturated rings. The third-order valence-corrected chi connectivity index (χ3v) is 5.44. The largest absolute Gasteiger partial charge is 0.350 e. The standard InChI is InChI=1S/C26H20N2O/c1-17-11-13-18(14-12-17)27-24-15-22(26(29)21-9-4-3-7-19(21)24)23-16-28(2)25-10-6-5-8-20(23)25/h3-16H,1-2H3. The summed E-state index contributed by atoms with van der Waals surface area (Å²) in [6.07, 6.45) is 3.97. The number of aromatic nitrogens is 1. The van der Waals surface area contributed by atoms with Gasteiger partial charge in [-0.2, -0.15) is 0 Å². The van der Waals surface area contributed by atoms with Crippen LogP contribution in [0.5, 0.6) is 0 Å². The van der Waals surface area contributed by atoms with E-state index >= 15 is 0 Å². The van der Waals surface area contributed by atoms with E-state index in [1.807, 2.05) is 67.9 Å². The van der Waals surface area contributed by atoms with Crippen LogP contribution in [-0.2, 0) is 7.05 Å². The van der Waals surface area contributed by atoms with Crippen molar-refractivity contribution in [3.8, 4) is 0 Å². The Morgan fingerprint density at radius 2 is 1.48 bits per heavy atom. The van der Waals surface area contributed by atoms with Crippen LogP contribution in [0.4, 0.5) is 5.69 Å². The number of carbonyl (C=O) groups is 1. The first-order valence-corrected chi connectivity index (χ1v) is 9.67. The van der Waals surface area contributed by atoms with Crippen molar-refractivity contribution >= 4 is 33.7 Å². The first kappa shape index (κ1) is 17.4. The zero-order valence-corrected chi connectivity index (χ0v) is 16.4. The Labute approximate surface area is 169 Å². The smallest absolute Gasteiger partial charge is 0.194 e. The van der Waals surface area contributed by atoms with Crippen LogP contribution < -0.4 is 0 Å². The van der Waals surface area contributed by atoms with Crippen LogP contribution in [0.25, 0.3) is 16.5 Å². The molecule has 0 spiro atoms. The lowest BCUT2D eigenvalue weighted by Crippen LogP contribution is -2.16. The number of fused-ring (bicyclic) bond motifs is 2. The minimum Gasteiger partial charge on any atom is -0.350 e. The zero-order chi connectivity index (χ0) is 20.0. The fourth-order valence-electron chi connectivity index (χ4n) is 3.94. The molecule has 4 aromatic rings. The molecule has 3 nitrogen and oxygen atoms in total. The maximum absolute atomic E-state index is 13.4. The van der Waals surface area contributed by atoms with Gasteiger partial charge in [0.1, 0.15) is 0 Å². The van der Waals surface area contributed by atoms with Crippen LogP contribution in [0.3, 0.4) is 0 Å². The van der Waals surface area contributed by atoms with Crippen molar-refractivity contribution in [2.24, 2.45) is 12.0 Å². The lowest BCUT2D eigenvalue weighted by Gasteiger charge is -2.17. The first-order valence-electron chi connectivity index (χ1n) is 9.67. The summed E-state index contributed by atoms with van der Waals surface area (Å²) in [5, 5.41) is 1.07. The molecule has 5 rings (SSSR count). The summed E-state index contributed by atoms with van der Waals surface area (Å²) in [6, 6.07) is 24.0. The Morgan fingerprint density at radius 1 is 0.793 bits per heavy atom. The molecular weight excluding hydrogens is 356 g/mol. The molecule has 0 N–H and O–H groups in total. The van der Waals surface area contributed by atoms with Crippen LogP contribution in [0.1, 0.15) is 27.0 Å². The minimum atomic E-state index is 0.0415. The summed E-state index contributed by atoms with van der Waals surface area (Å²) in [5.41, 5.74) is 7.19. The predicted molar refractivity (Wildman–Crippen MR) is 119 cm³/mol. The van der Waals surface area contributed by atoms with E-state index in [0.717, 1.165) is 33.4 Å². The van der Waals surface area contributed by atoms with E-state index in [1.54, 1.807) is 0 Å². The van der Waals surface area contributed by atoms with Gasteiger partial charge in [-0.15, -0.1) is 0 Å². The van der Waals surface area contributed by atoms with Gasteiger partial charge in [0, 0.05) is 46.4 Å². The quantitative estimate of drug-likeness (QED) is 0.430. The van der Waals surface area contributed by atoms with Gasteiger partial charge < -0.3 is 4.57 Å². The Bertz CT molecular complexity index is 1320. The average molecular weight is 376 g/mol. The fourth-order valence-corrected chi connectivity index (χ4v) is 3.94. The maximum Gasteiger partial charge on any atom is 0.194 e. The third-order valence-electron chi connectivity index (χ3n) is 5.44. The number of hydrogen-bond donors (Lipinski definition) is 0. The molecule has 29 heavy (non-hydrogen) atoms. The third kappa shape index (κ3) is 2.92. The number of carbonyl (C=O) groups excluding carboxylic acids is 1. The second kappa shape index (κ2) is 6.71. The highest BCUT2D eigenvalue weighted by molar-refractivity contribution is 6.40. The summed E-state index contributed by atoms with van der Waals surface area (Å²) in [6.45, 7) is 2.06. The molecule has 1 aromatic heterocycles. The summed E-state index contributed by atoms with van der Waals surface area (Å²) in [4.78, 5) is 18.3. The average Bonchev–Trinajstić information content (AvgIpc) is 3.08. The van der Waals surface area contributed by atoms with Gasteiger partial charge >= 0.3 is 0 Å². The van der Waals surface area contributed by atoms with E-state index in [9.17, 15) is 4.79 Å². The molecule has 3 heteroatoms. The van der Waals surface area contributed by atoms with Gasteiger partial charge in [0.05, 0.1) is 11.4 Å². The second-order valence-corrected chi connectivity index (χ2v) is 7.44. The monoisotopic (exact) mass is 376 g/mol. The van der Waals surface area contributed by atoms with Gasteiger partial charge in [-0.3, -0.25) is 4.79 Å². The molecule has 1 aliphatic carbocycles. The van der Waals surface area contributed by atoms with Gasteiger partial charge in [0.25, 0.3) is 0 Å². The number of aryl methyl sites for hydroxylation is 2. The van der Waals surface area contributed by atoms with Crippen molar-refractivity contribution in [3.63, 3.8) is 0 Å². The number of rotatable bonds is 2. The minimum absolute atomic E-state index is 0.0415. The first-order chi connectivity index (χ1) is 14.1. The topological polar surface area (TPSA) is 34.4 Å². The predicted octanol–water partition coefficient (Wildman–Crippen LogP) is 5.89. The fraction of sp³-hybridized carbons (Fsp3) is 0.0769. The van der Waals surface area contributed by atoms with Gasteiger partial charge in [-0.05, 0) is 31.2 Å². The lowest BCUT2D eigenvalue weighted by molar-refractivity contribution is 0.105. The number of aliphatic imine (C=N–C) groups is 1. The molecule has 0 saturated carbocycles. The summed E-state index contributed by atoms with van der Waals surface area (Å²) in [7, 11) is 2.01. The van der Waals surface area contributed by atoms with Crippen molar-refractivity contribution in [1.82, 2.24) is 4.57 Å². The Hall–Kier alpha value is -3.72. The van der Waals surface area contributed by atoms with E-state index in [1.165, 1.54) is 5.56 Å². The molecule has 0 bridgehead atoms. The van der Waals surface area contributed by atoms with Crippen molar-refractivity contribution in [2.75, 3.05) is 0 Å². The number of para-hydroxylation sites is 1. The van der Waals surface area contributed by atoms with E-state index in [4.69, 9.17) is 4.99 Å². The van der Waals surface area contributed by atoms with Gasteiger partial charge in [0.2, 0.25) is 0 Å². The molecular formula is C26H20N2O. The van der Waals surface area contributed by atoms with Crippen LogP contribution in [-0.4, -0.2) is 16.1 Å². The van der Waals surface area contributed by atoms with Crippen molar-refractivity contribution in [3.05, 3.63) is 107 Å². The summed E-state index contributed by atoms with van der Waals surface area (Å²) < 4.78 is 2.07. The van der Waals surface area contributed by atoms with Gasteiger partial charge in [-0.1, -0.05) is 60.2 Å². The highest BCUT2D eigenvalue weighted by atomic mass is 16.1. The summed E-state index contributed by atoms with van der Waals surface area (Å²) >= 11 is 0. The van der Waals surface area contributed by atoms with Gasteiger partial charge in [-0.25, -0.2) is 4.99 Å². The zero-order valence-electron chi connectivity index (χ0n) is 16.4. The van der Waals surface area contributed by atoms with Crippen molar-refractivity contribution in [2.45, 2.75) is 6.92 Å². The molecule has 3 aromatic carbocycles. The maximum atomic E-state index is 13.4. The molecule has 140 valence electrons. The van der Waals surface area contributed by atoms with E-state index < -0.39 is 0 Å². The van der Waals surface area contributed by atoms with Gasteiger partial charge in [0.15, 0.2) is 5.78 Å². The van der Waals surface area contributed by atoms with Crippen LogP contribution in [0, 0.1) is 6.92 Å². The van der Waals surface area contributed by atoms with Crippen LogP contribution in [0.2, 0.25) is 0 Å². The highest BCUT2D eigenvalue weighted by Gasteiger charge is 2.26. The molecule has 1 aliphatic rings. The molecule has 0 atom stereocenters. The van der Waals surface area contributed by atoms with Crippen molar-refractivity contribution in [1.29, 1.82) is 0 Å². The SMILES string of the molecule is Cc1ccc(N=C2C=C(c3cn(C)c4ccccc34)C(=O)c3ccccc32)cc1. The number of nitrogens with zero attached hydrogens (tertiary/aromatic N) is 2. The van der Waals surface area contributed by atoms with E-state index in [0.29, 0.717) is 11.1 Å². The number of hydrogen-bond acceptors (Lipinski definition) is 2. The molecule has 1 heterocycles.